The van der Waals surface area contributed by atoms with Crippen LogP contribution < -0.4 is 25.5 Å². The Morgan fingerprint density at radius 1 is 0.861 bits per heavy atom. The van der Waals surface area contributed by atoms with E-state index in [1.165, 1.54) is 14.2 Å². The Balaban J connectivity index is 1.77. The molecule has 2 aromatic heterocycles. The van der Waals surface area contributed by atoms with Crippen LogP contribution in [0.15, 0.2) is 30.6 Å². The molecule has 3 heterocycles. The minimum Gasteiger partial charge on any atom is -0.504 e. The standard InChI is InChI=1S/C22H18O14/c1-31-14-7(23)3-5-9-10-6(21(30)34-16(9)14)4-8(15(32-2)17(10)35-20(5)29)33-22-13(26)11(24)12(25)18(36-22)19(27)28/h3-4,11-13,18,22-26H,1-2H3,(H,27,28)/t11-,12-,13+,18-,22+/m0/s1. The van der Waals surface area contributed by atoms with Gasteiger partial charge in [0.15, 0.2) is 28.8 Å². The van der Waals surface area contributed by atoms with Gasteiger partial charge in [0, 0.05) is 10.8 Å². The Morgan fingerprint density at radius 3 is 1.97 bits per heavy atom. The number of hydrogen-bond acceptors (Lipinski definition) is 13. The Morgan fingerprint density at radius 2 is 1.42 bits per heavy atom. The van der Waals surface area contributed by atoms with Crippen LogP contribution in [0.5, 0.6) is 23.0 Å². The molecule has 14 nitrogen and oxygen atoms in total. The van der Waals surface area contributed by atoms with E-state index in [4.69, 9.17) is 27.8 Å². The number of aliphatic carboxylic acids is 1. The molecule has 0 saturated carbocycles. The van der Waals surface area contributed by atoms with Crippen molar-refractivity contribution in [3.05, 3.63) is 33.0 Å². The number of aromatic hydroxyl groups is 1. The highest BCUT2D eigenvalue weighted by Crippen LogP contribution is 2.46. The van der Waals surface area contributed by atoms with Gasteiger partial charge in [-0.3, -0.25) is 0 Å². The van der Waals surface area contributed by atoms with Crippen LogP contribution >= 0.6 is 0 Å². The topological polar surface area (TPSA) is 216 Å². The highest BCUT2D eigenvalue weighted by Gasteiger charge is 2.48. The first-order valence-corrected chi connectivity index (χ1v) is 10.3. The van der Waals surface area contributed by atoms with Crippen molar-refractivity contribution >= 4 is 38.7 Å². The SMILES string of the molecule is COc1c(O)cc2c(=O)oc3c(OC)c(O[C@@H]4O[C@H](C(=O)O)[C@@H](O)[C@H](O)[C@H]4O)cc4c(=O)oc1c2c34. The van der Waals surface area contributed by atoms with Gasteiger partial charge in [0.2, 0.25) is 17.8 Å². The lowest BCUT2D eigenvalue weighted by Gasteiger charge is -2.38. The fraction of sp³-hybridized carbons (Fsp3) is 0.318. The van der Waals surface area contributed by atoms with Gasteiger partial charge >= 0.3 is 17.2 Å². The van der Waals surface area contributed by atoms with Crippen LogP contribution in [0, 0.1) is 0 Å². The molecule has 0 amide bonds. The number of methoxy groups -OCH3 is 2. The lowest BCUT2D eigenvalue weighted by Crippen LogP contribution is -2.61. The summed E-state index contributed by atoms with van der Waals surface area (Å²) >= 11 is 0. The molecule has 1 aliphatic rings. The zero-order valence-corrected chi connectivity index (χ0v) is 18.5. The molecule has 4 aromatic rings. The van der Waals surface area contributed by atoms with Crippen molar-refractivity contribution in [1.82, 2.24) is 0 Å². The summed E-state index contributed by atoms with van der Waals surface area (Å²) in [6, 6.07) is 2.21. The van der Waals surface area contributed by atoms with Crippen molar-refractivity contribution < 1.29 is 58.1 Å². The number of carboxylic acid groups (broad SMARTS) is 1. The molecule has 1 fully saturated rings. The minimum absolute atomic E-state index is 0.0716. The van der Waals surface area contributed by atoms with E-state index in [1.54, 1.807) is 0 Å². The summed E-state index contributed by atoms with van der Waals surface area (Å²) in [4.78, 5) is 37.1. The van der Waals surface area contributed by atoms with Crippen LogP contribution in [0.4, 0.5) is 0 Å². The van der Waals surface area contributed by atoms with Gasteiger partial charge in [-0.2, -0.15) is 0 Å². The molecule has 14 heteroatoms. The predicted octanol–water partition coefficient (Wildman–Crippen LogP) is -0.516. The van der Waals surface area contributed by atoms with E-state index in [0.29, 0.717) is 0 Å². The van der Waals surface area contributed by atoms with Gasteiger partial charge in [-0.15, -0.1) is 0 Å². The van der Waals surface area contributed by atoms with E-state index < -0.39 is 53.7 Å². The number of aliphatic hydroxyl groups is 3. The Labute approximate surface area is 198 Å². The molecule has 1 aliphatic heterocycles. The van der Waals surface area contributed by atoms with Gasteiger partial charge in [-0.25, -0.2) is 14.4 Å². The second-order valence-corrected chi connectivity index (χ2v) is 7.97. The van der Waals surface area contributed by atoms with Crippen molar-refractivity contribution in [2.24, 2.45) is 0 Å². The average Bonchev–Trinajstić information content (AvgIpc) is 2.83. The molecule has 2 aromatic carbocycles. The maximum atomic E-state index is 12.9. The molecule has 0 bridgehead atoms. The minimum atomic E-state index is -1.96. The number of phenolic OH excluding ortho intramolecular Hbond substituents is 1. The van der Waals surface area contributed by atoms with E-state index in [1.807, 2.05) is 0 Å². The van der Waals surface area contributed by atoms with Crippen LogP contribution in [-0.4, -0.2) is 76.4 Å². The van der Waals surface area contributed by atoms with Crippen molar-refractivity contribution in [2.75, 3.05) is 14.2 Å². The normalized spacial score (nSPS) is 24.4. The lowest BCUT2D eigenvalue weighted by molar-refractivity contribution is -0.271. The van der Waals surface area contributed by atoms with Gasteiger partial charge in [0.1, 0.15) is 18.3 Å². The number of carbonyl (C=O) groups is 1. The zero-order valence-electron chi connectivity index (χ0n) is 18.5. The molecule has 190 valence electrons. The van der Waals surface area contributed by atoms with E-state index >= 15 is 0 Å². The molecule has 5 rings (SSSR count). The molecule has 5 N–H and O–H groups in total. The van der Waals surface area contributed by atoms with Gasteiger partial charge in [-0.1, -0.05) is 0 Å². The summed E-state index contributed by atoms with van der Waals surface area (Å²) in [5, 5.41) is 49.6. The van der Waals surface area contributed by atoms with E-state index in [0.717, 1.165) is 12.1 Å². The van der Waals surface area contributed by atoms with Crippen molar-refractivity contribution in [2.45, 2.75) is 30.7 Å². The van der Waals surface area contributed by atoms with Crippen LogP contribution in [-0.2, 0) is 9.53 Å². The Kier molecular flexibility index (Phi) is 5.40. The molecular formula is C22H18O14. The summed E-state index contributed by atoms with van der Waals surface area (Å²) < 4.78 is 31.9. The second kappa shape index (κ2) is 8.23. The van der Waals surface area contributed by atoms with Crippen LogP contribution in [0.1, 0.15) is 0 Å². The van der Waals surface area contributed by atoms with Crippen LogP contribution in [0.3, 0.4) is 0 Å². The summed E-state index contributed by atoms with van der Waals surface area (Å²) in [6.07, 6.45) is -9.62. The number of aliphatic hydroxyl groups excluding tert-OH is 3. The zero-order chi connectivity index (χ0) is 26.0. The monoisotopic (exact) mass is 506 g/mol. The summed E-state index contributed by atoms with van der Waals surface area (Å²) in [5.41, 5.74) is -2.38. The molecule has 1 saturated heterocycles. The summed E-state index contributed by atoms with van der Waals surface area (Å²) in [6.45, 7) is 0. The summed E-state index contributed by atoms with van der Waals surface area (Å²) in [7, 11) is 2.41. The molecule has 0 radical (unpaired) electrons. The smallest absolute Gasteiger partial charge is 0.344 e. The molecule has 0 unspecified atom stereocenters. The van der Waals surface area contributed by atoms with Gasteiger partial charge in [0.05, 0.1) is 25.0 Å². The number of rotatable bonds is 5. The molecular weight excluding hydrogens is 488 g/mol. The number of carboxylic acids is 1. The second-order valence-electron chi connectivity index (χ2n) is 7.97. The first-order chi connectivity index (χ1) is 17.1. The van der Waals surface area contributed by atoms with E-state index in [2.05, 4.69) is 0 Å². The Bertz CT molecular complexity index is 1620. The van der Waals surface area contributed by atoms with Gasteiger partial charge < -0.3 is 53.3 Å². The van der Waals surface area contributed by atoms with E-state index in [9.17, 15) is 39.9 Å². The van der Waals surface area contributed by atoms with Gasteiger partial charge in [0.25, 0.3) is 0 Å². The predicted molar refractivity (Wildman–Crippen MR) is 117 cm³/mol. The number of benzene rings is 2. The van der Waals surface area contributed by atoms with Crippen LogP contribution in [0.2, 0.25) is 0 Å². The highest BCUT2D eigenvalue weighted by molar-refractivity contribution is 6.22. The molecule has 0 aliphatic carbocycles. The Hall–Kier alpha value is -4.11. The first kappa shape index (κ1) is 23.6. The third-order valence-corrected chi connectivity index (χ3v) is 5.96. The third kappa shape index (κ3) is 3.23. The fourth-order valence-electron chi connectivity index (χ4n) is 4.30. The quantitative estimate of drug-likeness (QED) is 0.170. The third-order valence-electron chi connectivity index (χ3n) is 5.96. The van der Waals surface area contributed by atoms with Crippen molar-refractivity contribution in [3.8, 4) is 23.0 Å². The highest BCUT2D eigenvalue weighted by atomic mass is 16.7. The maximum absolute atomic E-state index is 12.9. The summed E-state index contributed by atoms with van der Waals surface area (Å²) in [5.74, 6) is -2.88. The molecule has 36 heavy (non-hydrogen) atoms. The van der Waals surface area contributed by atoms with Crippen molar-refractivity contribution in [3.63, 3.8) is 0 Å². The molecule has 0 spiro atoms. The van der Waals surface area contributed by atoms with Crippen molar-refractivity contribution in [1.29, 1.82) is 0 Å². The van der Waals surface area contributed by atoms with Gasteiger partial charge in [-0.05, 0) is 12.1 Å². The molecule has 5 atom stereocenters. The number of ether oxygens (including phenoxy) is 4. The number of hydrogen-bond donors (Lipinski definition) is 5. The lowest BCUT2D eigenvalue weighted by atomic mass is 9.99. The largest absolute Gasteiger partial charge is 0.504 e. The fourth-order valence-corrected chi connectivity index (χ4v) is 4.30. The first-order valence-electron chi connectivity index (χ1n) is 10.3. The number of phenols is 1. The van der Waals surface area contributed by atoms with Crippen LogP contribution in [0.25, 0.3) is 32.7 Å². The average molecular weight is 506 g/mol. The van der Waals surface area contributed by atoms with E-state index in [-0.39, 0.29) is 50.0 Å². The maximum Gasteiger partial charge on any atom is 0.344 e.